The van der Waals surface area contributed by atoms with Crippen LogP contribution in [-0.2, 0) is 0 Å². The zero-order valence-electron chi connectivity index (χ0n) is 14.4. The number of aromatic amines is 1. The van der Waals surface area contributed by atoms with Crippen LogP contribution in [0.5, 0.6) is 0 Å². The van der Waals surface area contributed by atoms with Crippen LogP contribution in [-0.4, -0.2) is 15.0 Å². The zero-order chi connectivity index (χ0) is 17.5. The molecule has 0 fully saturated rings. The largest absolute Gasteiger partial charge is 0.346 e. The van der Waals surface area contributed by atoms with Crippen molar-refractivity contribution in [3.63, 3.8) is 0 Å². The first-order chi connectivity index (χ1) is 12.8. The Hall–Kier alpha value is -3.46. The molecule has 3 heteroatoms. The first-order valence-electron chi connectivity index (χ1n) is 8.69. The lowest BCUT2D eigenvalue weighted by atomic mass is 9.97. The third-order valence-electron chi connectivity index (χ3n) is 4.78. The molecule has 0 saturated carbocycles. The summed E-state index contributed by atoms with van der Waals surface area (Å²) in [5.74, 6) is 0. The molecule has 0 aliphatic carbocycles. The fraction of sp³-hybridized carbons (Fsp3) is 0.0435. The number of nitrogens with zero attached hydrogens (tertiary/aromatic N) is 2. The molecular weight excluding hydrogens is 318 g/mol. The van der Waals surface area contributed by atoms with E-state index in [4.69, 9.17) is 4.98 Å². The van der Waals surface area contributed by atoms with Gasteiger partial charge in [-0.1, -0.05) is 36.4 Å². The van der Waals surface area contributed by atoms with Gasteiger partial charge in [-0.3, -0.25) is 4.98 Å². The summed E-state index contributed by atoms with van der Waals surface area (Å²) >= 11 is 0. The van der Waals surface area contributed by atoms with Crippen molar-refractivity contribution in [1.82, 2.24) is 15.0 Å². The molecule has 5 rings (SSSR count). The number of fused-ring (bicyclic) bond motifs is 2. The quantitative estimate of drug-likeness (QED) is 0.446. The third kappa shape index (κ3) is 2.37. The van der Waals surface area contributed by atoms with Crippen LogP contribution in [0.4, 0.5) is 0 Å². The van der Waals surface area contributed by atoms with Gasteiger partial charge in [-0.25, -0.2) is 4.98 Å². The monoisotopic (exact) mass is 335 g/mol. The molecular formula is C23H17N3. The van der Waals surface area contributed by atoms with Crippen molar-refractivity contribution in [1.29, 1.82) is 0 Å². The number of pyridine rings is 2. The summed E-state index contributed by atoms with van der Waals surface area (Å²) in [4.78, 5) is 12.4. The molecule has 26 heavy (non-hydrogen) atoms. The van der Waals surface area contributed by atoms with E-state index in [-0.39, 0.29) is 0 Å². The number of aromatic nitrogens is 3. The van der Waals surface area contributed by atoms with Gasteiger partial charge in [-0.2, -0.15) is 0 Å². The highest BCUT2D eigenvalue weighted by Gasteiger charge is 2.11. The topological polar surface area (TPSA) is 41.6 Å². The molecule has 0 atom stereocenters. The molecule has 5 aromatic rings. The maximum absolute atomic E-state index is 4.73. The van der Waals surface area contributed by atoms with Gasteiger partial charge in [0.15, 0.2) is 0 Å². The Balaban J connectivity index is 1.78. The van der Waals surface area contributed by atoms with Gasteiger partial charge in [0.05, 0.1) is 5.52 Å². The summed E-state index contributed by atoms with van der Waals surface area (Å²) in [6, 6.07) is 23.2. The summed E-state index contributed by atoms with van der Waals surface area (Å²) in [5.41, 5.74) is 7.71. The second-order valence-electron chi connectivity index (χ2n) is 6.51. The fourth-order valence-corrected chi connectivity index (χ4v) is 3.58. The predicted octanol–water partition coefficient (Wildman–Crippen LogP) is 5.75. The van der Waals surface area contributed by atoms with Crippen molar-refractivity contribution < 1.29 is 0 Å². The first-order valence-corrected chi connectivity index (χ1v) is 8.69. The summed E-state index contributed by atoms with van der Waals surface area (Å²) in [7, 11) is 0. The molecule has 0 radical (unpaired) electrons. The van der Waals surface area contributed by atoms with E-state index < -0.39 is 0 Å². The number of hydrogen-bond donors (Lipinski definition) is 1. The number of aryl methyl sites for hydroxylation is 1. The number of benzene rings is 2. The SMILES string of the molecule is Cc1cc(-c2ccccc2)c2cc(-c3c[nH]c4ncccc34)ccc2n1. The Morgan fingerprint density at radius 3 is 2.54 bits per heavy atom. The molecule has 0 spiro atoms. The van der Waals surface area contributed by atoms with E-state index in [9.17, 15) is 0 Å². The van der Waals surface area contributed by atoms with Crippen molar-refractivity contribution in [2.24, 2.45) is 0 Å². The van der Waals surface area contributed by atoms with Crippen LogP contribution in [0, 0.1) is 6.92 Å². The highest BCUT2D eigenvalue weighted by atomic mass is 14.8. The van der Waals surface area contributed by atoms with Crippen LogP contribution in [0.1, 0.15) is 5.69 Å². The second-order valence-corrected chi connectivity index (χ2v) is 6.51. The van der Waals surface area contributed by atoms with E-state index >= 15 is 0 Å². The molecule has 124 valence electrons. The molecule has 0 bridgehead atoms. The van der Waals surface area contributed by atoms with Crippen molar-refractivity contribution >= 4 is 21.9 Å². The molecule has 2 aromatic carbocycles. The lowest BCUT2D eigenvalue weighted by Gasteiger charge is -2.10. The van der Waals surface area contributed by atoms with Gasteiger partial charge >= 0.3 is 0 Å². The maximum atomic E-state index is 4.73. The molecule has 0 aliphatic heterocycles. The lowest BCUT2D eigenvalue weighted by Crippen LogP contribution is -1.89. The number of H-pyrrole nitrogens is 1. The Bertz CT molecular complexity index is 1240. The van der Waals surface area contributed by atoms with Crippen LogP contribution in [0.2, 0.25) is 0 Å². The highest BCUT2D eigenvalue weighted by molar-refractivity contribution is 6.00. The maximum Gasteiger partial charge on any atom is 0.137 e. The van der Waals surface area contributed by atoms with E-state index in [1.54, 1.807) is 0 Å². The minimum atomic E-state index is 0.910. The van der Waals surface area contributed by atoms with Crippen LogP contribution in [0.25, 0.3) is 44.2 Å². The number of nitrogens with one attached hydrogen (secondary N) is 1. The van der Waals surface area contributed by atoms with Gasteiger partial charge in [0, 0.05) is 34.4 Å². The van der Waals surface area contributed by atoms with E-state index in [2.05, 4.69) is 64.6 Å². The minimum absolute atomic E-state index is 0.910. The molecule has 3 heterocycles. The second kappa shape index (κ2) is 5.81. The normalized spacial score (nSPS) is 11.3. The predicted molar refractivity (Wildman–Crippen MR) is 107 cm³/mol. The molecule has 3 aromatic heterocycles. The average molecular weight is 335 g/mol. The molecule has 1 N–H and O–H groups in total. The number of hydrogen-bond acceptors (Lipinski definition) is 2. The van der Waals surface area contributed by atoms with Crippen molar-refractivity contribution in [2.45, 2.75) is 6.92 Å². The molecule has 3 nitrogen and oxygen atoms in total. The van der Waals surface area contributed by atoms with Crippen LogP contribution in [0.3, 0.4) is 0 Å². The lowest BCUT2D eigenvalue weighted by molar-refractivity contribution is 1.26. The van der Waals surface area contributed by atoms with Crippen molar-refractivity contribution in [2.75, 3.05) is 0 Å². The standard InChI is InChI=1S/C23H17N3/c1-15-12-19(16-6-3-2-4-7-16)20-13-17(9-10-22(20)26-15)21-14-25-23-18(21)8-5-11-24-23/h2-14H,1H3,(H,24,25). The summed E-state index contributed by atoms with van der Waals surface area (Å²) in [6.07, 6.45) is 3.84. The zero-order valence-corrected chi connectivity index (χ0v) is 14.4. The summed E-state index contributed by atoms with van der Waals surface area (Å²) in [6.45, 7) is 2.05. The van der Waals surface area contributed by atoms with Gasteiger partial charge in [-0.05, 0) is 53.9 Å². The summed E-state index contributed by atoms with van der Waals surface area (Å²) in [5, 5.41) is 2.30. The van der Waals surface area contributed by atoms with E-state index in [0.717, 1.165) is 33.2 Å². The summed E-state index contributed by atoms with van der Waals surface area (Å²) < 4.78 is 0. The van der Waals surface area contributed by atoms with Crippen LogP contribution >= 0.6 is 0 Å². The average Bonchev–Trinajstić information content (AvgIpc) is 3.12. The van der Waals surface area contributed by atoms with E-state index in [0.29, 0.717) is 0 Å². The van der Waals surface area contributed by atoms with Gasteiger partial charge < -0.3 is 4.98 Å². The molecule has 0 aliphatic rings. The van der Waals surface area contributed by atoms with Crippen LogP contribution < -0.4 is 0 Å². The third-order valence-corrected chi connectivity index (χ3v) is 4.78. The van der Waals surface area contributed by atoms with Crippen LogP contribution in [0.15, 0.2) is 79.1 Å². The first kappa shape index (κ1) is 14.8. The fourth-order valence-electron chi connectivity index (χ4n) is 3.58. The van der Waals surface area contributed by atoms with Gasteiger partial charge in [0.25, 0.3) is 0 Å². The number of rotatable bonds is 2. The van der Waals surface area contributed by atoms with Crippen molar-refractivity contribution in [3.8, 4) is 22.3 Å². The van der Waals surface area contributed by atoms with Gasteiger partial charge in [0.1, 0.15) is 5.65 Å². The van der Waals surface area contributed by atoms with Crippen molar-refractivity contribution in [3.05, 3.63) is 84.8 Å². The van der Waals surface area contributed by atoms with Gasteiger partial charge in [-0.15, -0.1) is 0 Å². The van der Waals surface area contributed by atoms with E-state index in [1.807, 2.05) is 31.5 Å². The Morgan fingerprint density at radius 2 is 1.65 bits per heavy atom. The highest BCUT2D eigenvalue weighted by Crippen LogP contribution is 2.34. The molecule has 0 unspecified atom stereocenters. The molecule has 0 amide bonds. The smallest absolute Gasteiger partial charge is 0.137 e. The molecule has 0 saturated heterocycles. The van der Waals surface area contributed by atoms with E-state index in [1.165, 1.54) is 16.7 Å². The Morgan fingerprint density at radius 1 is 0.769 bits per heavy atom. The minimum Gasteiger partial charge on any atom is -0.346 e. The Kier molecular flexibility index (Phi) is 3.32. The Labute approximate surface area is 151 Å². The van der Waals surface area contributed by atoms with Gasteiger partial charge in [0.2, 0.25) is 0 Å².